The number of non-ortho nitro benzene ring substituents is 1. The van der Waals surface area contributed by atoms with Gasteiger partial charge in [-0.25, -0.2) is 0 Å². The van der Waals surface area contributed by atoms with E-state index in [0.717, 1.165) is 22.5 Å². The van der Waals surface area contributed by atoms with E-state index in [0.29, 0.717) is 13.1 Å². The average molecular weight is 349 g/mol. The molecule has 0 aliphatic rings. The number of nitro benzene ring substituents is 1. The maximum Gasteiger partial charge on any atom is 0.269 e. The van der Waals surface area contributed by atoms with Crippen molar-refractivity contribution in [2.24, 2.45) is 0 Å². The van der Waals surface area contributed by atoms with Crippen LogP contribution in [0.2, 0.25) is 0 Å². The number of anilines is 2. The Morgan fingerprint density at radius 2 is 1.31 bits per heavy atom. The first-order valence-corrected chi connectivity index (χ1v) is 8.19. The topological polar surface area (TPSA) is 87.4 Å². The zero-order chi connectivity index (χ0) is 18.4. The molecule has 0 unspecified atom stereocenters. The largest absolute Gasteiger partial charge is 0.508 e. The fourth-order valence-corrected chi connectivity index (χ4v) is 2.54. The highest BCUT2D eigenvalue weighted by Crippen LogP contribution is 2.17. The first-order chi connectivity index (χ1) is 12.6. The number of nitrogens with one attached hydrogen (secondary N) is 2. The zero-order valence-electron chi connectivity index (χ0n) is 14.1. The second kappa shape index (κ2) is 8.02. The Labute approximate surface area is 151 Å². The highest BCUT2D eigenvalue weighted by atomic mass is 16.6. The molecule has 3 aromatic rings. The summed E-state index contributed by atoms with van der Waals surface area (Å²) in [6.45, 7) is 1.31. The molecule has 0 heterocycles. The number of aromatic hydroxyl groups is 1. The summed E-state index contributed by atoms with van der Waals surface area (Å²) < 4.78 is 0. The van der Waals surface area contributed by atoms with Gasteiger partial charge in [0, 0.05) is 36.6 Å². The first-order valence-electron chi connectivity index (χ1n) is 8.19. The second-order valence-electron chi connectivity index (χ2n) is 5.88. The molecule has 3 N–H and O–H groups in total. The van der Waals surface area contributed by atoms with E-state index < -0.39 is 4.92 Å². The van der Waals surface area contributed by atoms with E-state index in [1.54, 1.807) is 24.3 Å². The summed E-state index contributed by atoms with van der Waals surface area (Å²) in [6.07, 6.45) is 0. The van der Waals surface area contributed by atoms with E-state index in [1.807, 2.05) is 30.3 Å². The fourth-order valence-electron chi connectivity index (χ4n) is 2.54. The van der Waals surface area contributed by atoms with Gasteiger partial charge in [-0.1, -0.05) is 24.3 Å². The van der Waals surface area contributed by atoms with Crippen LogP contribution in [0.25, 0.3) is 0 Å². The molecule has 0 saturated heterocycles. The quantitative estimate of drug-likeness (QED) is 0.331. The van der Waals surface area contributed by atoms with Gasteiger partial charge in [-0.15, -0.1) is 0 Å². The molecule has 132 valence electrons. The van der Waals surface area contributed by atoms with Gasteiger partial charge < -0.3 is 15.7 Å². The molecule has 0 aromatic heterocycles. The maximum absolute atomic E-state index is 10.7. The van der Waals surface area contributed by atoms with E-state index in [9.17, 15) is 15.2 Å². The van der Waals surface area contributed by atoms with Gasteiger partial charge in [-0.3, -0.25) is 10.1 Å². The molecule has 0 bridgehead atoms. The molecule has 0 saturated carbocycles. The third-order valence-electron chi connectivity index (χ3n) is 3.93. The molecule has 6 heteroatoms. The molecule has 0 atom stereocenters. The number of phenolic OH excluding ortho intramolecular Hbond substituents is 1. The van der Waals surface area contributed by atoms with Gasteiger partial charge in [-0.2, -0.15) is 0 Å². The van der Waals surface area contributed by atoms with Gasteiger partial charge in [0.1, 0.15) is 5.75 Å². The van der Waals surface area contributed by atoms with Crippen LogP contribution < -0.4 is 10.6 Å². The Hall–Kier alpha value is -3.54. The first kappa shape index (κ1) is 17.3. The molecule has 0 amide bonds. The summed E-state index contributed by atoms with van der Waals surface area (Å²) in [4.78, 5) is 10.3. The molecule has 0 aliphatic heterocycles. The lowest BCUT2D eigenvalue weighted by Gasteiger charge is -2.10. The van der Waals surface area contributed by atoms with Gasteiger partial charge in [0.15, 0.2) is 0 Å². The summed E-state index contributed by atoms with van der Waals surface area (Å²) in [5.41, 5.74) is 4.12. The van der Waals surface area contributed by atoms with Crippen molar-refractivity contribution in [1.82, 2.24) is 0 Å². The monoisotopic (exact) mass is 349 g/mol. The van der Waals surface area contributed by atoms with Crippen molar-refractivity contribution >= 4 is 17.1 Å². The molecular weight excluding hydrogens is 330 g/mol. The van der Waals surface area contributed by atoms with Crippen LogP contribution in [0.1, 0.15) is 11.1 Å². The van der Waals surface area contributed by atoms with Crippen LogP contribution in [0.15, 0.2) is 72.8 Å². The molecule has 26 heavy (non-hydrogen) atoms. The predicted molar refractivity (Wildman–Crippen MR) is 102 cm³/mol. The standard InChI is InChI=1S/C20H19N3O3/c24-20-10-6-18(7-11-20)22-14-16-3-1-2-15(12-16)13-21-17-4-8-19(9-5-17)23(25)26/h1-12,21-22,24H,13-14H2. The summed E-state index contributed by atoms with van der Waals surface area (Å²) >= 11 is 0. The lowest BCUT2D eigenvalue weighted by molar-refractivity contribution is -0.384. The highest BCUT2D eigenvalue weighted by Gasteiger charge is 2.04. The van der Waals surface area contributed by atoms with Gasteiger partial charge in [-0.05, 0) is 47.5 Å². The predicted octanol–water partition coefficient (Wildman–Crippen LogP) is 4.52. The Balaban J connectivity index is 1.56. The Kier molecular flexibility index (Phi) is 5.34. The van der Waals surface area contributed by atoms with Crippen molar-refractivity contribution < 1.29 is 10.0 Å². The number of nitro groups is 1. The summed E-state index contributed by atoms with van der Waals surface area (Å²) in [6, 6.07) is 21.5. The van der Waals surface area contributed by atoms with Crippen LogP contribution in [0.4, 0.5) is 17.1 Å². The Bertz CT molecular complexity index is 878. The van der Waals surface area contributed by atoms with Crippen molar-refractivity contribution in [3.8, 4) is 5.75 Å². The number of hydrogen-bond acceptors (Lipinski definition) is 5. The van der Waals surface area contributed by atoms with Gasteiger partial charge in [0.25, 0.3) is 5.69 Å². The van der Waals surface area contributed by atoms with E-state index in [-0.39, 0.29) is 11.4 Å². The van der Waals surface area contributed by atoms with Crippen molar-refractivity contribution in [1.29, 1.82) is 0 Å². The third-order valence-corrected chi connectivity index (χ3v) is 3.93. The zero-order valence-corrected chi connectivity index (χ0v) is 14.1. The lowest BCUT2D eigenvalue weighted by Crippen LogP contribution is -2.02. The normalized spacial score (nSPS) is 10.3. The van der Waals surface area contributed by atoms with E-state index in [4.69, 9.17) is 0 Å². The number of nitrogens with zero attached hydrogens (tertiary/aromatic N) is 1. The molecule has 3 rings (SSSR count). The van der Waals surface area contributed by atoms with Gasteiger partial charge >= 0.3 is 0 Å². The summed E-state index contributed by atoms with van der Waals surface area (Å²) in [7, 11) is 0. The minimum absolute atomic E-state index is 0.0813. The number of rotatable bonds is 7. The molecule has 3 aromatic carbocycles. The van der Waals surface area contributed by atoms with Crippen molar-refractivity contribution in [3.05, 3.63) is 94.0 Å². The minimum atomic E-state index is -0.408. The van der Waals surface area contributed by atoms with Crippen LogP contribution in [-0.4, -0.2) is 10.0 Å². The summed E-state index contributed by atoms with van der Waals surface area (Å²) in [5.74, 6) is 0.245. The fraction of sp³-hybridized carbons (Fsp3) is 0.100. The molecule has 0 spiro atoms. The van der Waals surface area contributed by atoms with Crippen molar-refractivity contribution in [2.45, 2.75) is 13.1 Å². The van der Waals surface area contributed by atoms with Crippen LogP contribution >= 0.6 is 0 Å². The van der Waals surface area contributed by atoms with E-state index in [1.165, 1.54) is 12.1 Å². The van der Waals surface area contributed by atoms with Crippen molar-refractivity contribution in [3.63, 3.8) is 0 Å². The molecular formula is C20H19N3O3. The Morgan fingerprint density at radius 1 is 0.808 bits per heavy atom. The van der Waals surface area contributed by atoms with E-state index in [2.05, 4.69) is 16.7 Å². The molecule has 0 radical (unpaired) electrons. The second-order valence-corrected chi connectivity index (χ2v) is 5.88. The average Bonchev–Trinajstić information content (AvgIpc) is 2.66. The van der Waals surface area contributed by atoms with E-state index >= 15 is 0 Å². The SMILES string of the molecule is O=[N+]([O-])c1ccc(NCc2cccc(CNc3ccc(O)cc3)c2)cc1. The number of phenols is 1. The van der Waals surface area contributed by atoms with Crippen LogP contribution in [0, 0.1) is 10.1 Å². The maximum atomic E-state index is 10.7. The lowest BCUT2D eigenvalue weighted by atomic mass is 10.1. The van der Waals surface area contributed by atoms with Crippen molar-refractivity contribution in [2.75, 3.05) is 10.6 Å². The van der Waals surface area contributed by atoms with Gasteiger partial charge in [0.2, 0.25) is 0 Å². The van der Waals surface area contributed by atoms with Crippen LogP contribution in [-0.2, 0) is 13.1 Å². The van der Waals surface area contributed by atoms with Crippen LogP contribution in [0.3, 0.4) is 0 Å². The summed E-state index contributed by atoms with van der Waals surface area (Å²) in [5, 5.41) is 26.6. The molecule has 0 fully saturated rings. The molecule has 6 nitrogen and oxygen atoms in total. The molecule has 0 aliphatic carbocycles. The highest BCUT2D eigenvalue weighted by molar-refractivity contribution is 5.49. The minimum Gasteiger partial charge on any atom is -0.508 e. The smallest absolute Gasteiger partial charge is 0.269 e. The number of benzene rings is 3. The third kappa shape index (κ3) is 4.73. The number of hydrogen-bond donors (Lipinski definition) is 3. The Morgan fingerprint density at radius 3 is 1.81 bits per heavy atom. The van der Waals surface area contributed by atoms with Crippen LogP contribution in [0.5, 0.6) is 5.75 Å². The van der Waals surface area contributed by atoms with Gasteiger partial charge in [0.05, 0.1) is 4.92 Å².